The van der Waals surface area contributed by atoms with Crippen molar-refractivity contribution in [2.24, 2.45) is 0 Å². The fraction of sp³-hybridized carbons (Fsp3) is 1.00. The summed E-state index contributed by atoms with van der Waals surface area (Å²) in [6, 6.07) is 0. The second-order valence-electron chi connectivity index (χ2n) is 26.7. The molecule has 350 valence electrons. The van der Waals surface area contributed by atoms with Crippen LogP contribution in [-0.4, -0.2) is 98.8 Å². The molecular formula is C36H108N6S2Si12U2. The first-order valence-electron chi connectivity index (χ1n) is 20.8. The summed E-state index contributed by atoms with van der Waals surface area (Å²) in [5.41, 5.74) is 0. The summed E-state index contributed by atoms with van der Waals surface area (Å²) in [6.45, 7) is 82.7. The Morgan fingerprint density at radius 1 is 0.155 bits per heavy atom. The van der Waals surface area contributed by atoms with E-state index in [0.717, 1.165) is 0 Å². The van der Waals surface area contributed by atoms with Crippen molar-refractivity contribution in [3.8, 4) is 0 Å². The van der Waals surface area contributed by atoms with Crippen LogP contribution in [0.25, 0.3) is 27.9 Å². The van der Waals surface area contributed by atoms with Crippen LogP contribution >= 0.6 is 0 Å². The Morgan fingerprint density at radius 2 is 0.190 bits per heavy atom. The summed E-state index contributed by atoms with van der Waals surface area (Å²) in [5, 5.41) is 0. The Labute approximate surface area is 442 Å². The minimum atomic E-state index is -1.11. The molecule has 22 heteroatoms. The zero-order valence-electron chi connectivity index (χ0n) is 46.5. The molecule has 0 saturated heterocycles. The largest absolute Gasteiger partial charge is 4.00 e. The molecule has 58 heavy (non-hydrogen) atoms. The molecule has 0 aliphatic heterocycles. The molecule has 0 atom stereocenters. The maximum Gasteiger partial charge on any atom is 4.00 e. The Balaban J connectivity index is -0.0000000698. The zero-order chi connectivity index (χ0) is 48.2. The molecule has 6 nitrogen and oxygen atoms in total. The standard InChI is InChI=1S/6C6H18NSi2.S2.2U/c6*1-8(2,3)7-9(4,5)6;1-2;;/h6*1-6H3;;;/q6*-1;-2;2*+4. The summed E-state index contributed by atoms with van der Waals surface area (Å²) in [4.78, 5) is 0. The van der Waals surface area contributed by atoms with E-state index in [1.807, 2.05) is 0 Å². The number of hydrogen-bond donors (Lipinski definition) is 0. The van der Waals surface area contributed by atoms with Crippen molar-refractivity contribution in [2.45, 2.75) is 236 Å². The normalized spacial score (nSPS) is 13.1. The second kappa shape index (κ2) is 33.6. The predicted molar refractivity (Wildman–Crippen MR) is 315 cm³/mol. The van der Waals surface area contributed by atoms with Crippen molar-refractivity contribution >= 4 is 122 Å². The average molecular weight is 1500 g/mol. The fourth-order valence-electron chi connectivity index (χ4n) is 6.04. The average Bonchev–Trinajstić information content (AvgIpc) is 2.60. The molecule has 0 aromatic rings. The van der Waals surface area contributed by atoms with Crippen LogP contribution < -0.4 is 0 Å². The second-order valence-corrected chi connectivity index (χ2v) is 84.2. The van der Waals surface area contributed by atoms with Crippen LogP contribution in [0.1, 0.15) is 0 Å². The van der Waals surface area contributed by atoms with Crippen LogP contribution in [0.3, 0.4) is 0 Å². The third-order valence-electron chi connectivity index (χ3n) is 4.02. The Hall–Kier alpha value is 5.17. The van der Waals surface area contributed by atoms with Gasteiger partial charge in [0.2, 0.25) is 0 Å². The molecule has 0 heterocycles. The third-order valence-corrected chi connectivity index (χ3v) is 36.2. The first-order chi connectivity index (χ1) is 23.2. The van der Waals surface area contributed by atoms with E-state index in [4.69, 9.17) is 27.9 Å². The molecule has 0 unspecified atom stereocenters. The van der Waals surface area contributed by atoms with E-state index in [1.165, 1.54) is 0 Å². The summed E-state index contributed by atoms with van der Waals surface area (Å²) >= 11 is 7.33. The maximum absolute atomic E-state index is 4.82. The number of hydrogen-bond acceptors (Lipinski definition) is 2. The molecule has 0 radical (unpaired) electrons. The monoisotopic (exact) mass is 1500 g/mol. The molecule has 0 amide bonds. The summed E-state index contributed by atoms with van der Waals surface area (Å²) in [6.07, 6.45) is 0. The summed E-state index contributed by atoms with van der Waals surface area (Å²) < 4.78 is 28.9. The van der Waals surface area contributed by atoms with Gasteiger partial charge in [0.15, 0.2) is 0 Å². The van der Waals surface area contributed by atoms with Gasteiger partial charge in [-0.1, -0.05) is 335 Å². The van der Waals surface area contributed by atoms with Crippen molar-refractivity contribution in [1.82, 2.24) is 0 Å². The Kier molecular flexibility index (Phi) is 48.2. The summed E-state index contributed by atoms with van der Waals surface area (Å²) in [7, 11) is -13.3. The van der Waals surface area contributed by atoms with Crippen LogP contribution in [0.4, 0.5) is 0 Å². The van der Waals surface area contributed by atoms with Gasteiger partial charge >= 0.3 is 62.2 Å². The van der Waals surface area contributed by atoms with Gasteiger partial charge in [0.1, 0.15) is 0 Å². The minimum Gasteiger partial charge on any atom is -1.00 e. The van der Waals surface area contributed by atoms with Gasteiger partial charge in [-0.25, -0.2) is 0 Å². The van der Waals surface area contributed by atoms with E-state index >= 15 is 0 Å². The molecule has 0 aliphatic rings. The van der Waals surface area contributed by atoms with Crippen LogP contribution in [0, 0.1) is 62.2 Å². The van der Waals surface area contributed by atoms with E-state index in [1.54, 1.807) is 0 Å². The predicted octanol–water partition coefficient (Wildman–Crippen LogP) is 18.2. The molecule has 0 N–H and O–H groups in total. The third kappa shape index (κ3) is 131. The van der Waals surface area contributed by atoms with Crippen LogP contribution in [0.2, 0.25) is 236 Å². The molecule has 0 saturated carbocycles. The van der Waals surface area contributed by atoms with Crippen molar-refractivity contribution in [3.63, 3.8) is 0 Å². The van der Waals surface area contributed by atoms with Crippen molar-refractivity contribution < 1.29 is 62.2 Å². The molecule has 0 fully saturated rings. The SMILES string of the molecule is C[Si](C)(C)[N-][Si](C)(C)C.C[Si](C)(C)[N-][Si](C)(C)C.C[Si](C)(C)[N-][Si](C)(C)C.C[Si](C)(C)[N-][Si](C)(C)C.C[Si](C)(C)[N-][Si](C)(C)C.C[Si](C)(C)[N-][Si](C)(C)C.[S-][S-].[U+4].[U+4]. The van der Waals surface area contributed by atoms with Gasteiger partial charge in [-0.2, -0.15) is 0 Å². The molecular weight excluding hydrogens is 1390 g/mol. The smallest absolute Gasteiger partial charge is 1.00 e. The summed E-state index contributed by atoms with van der Waals surface area (Å²) in [5.74, 6) is 0. The van der Waals surface area contributed by atoms with Gasteiger partial charge in [0, 0.05) is 0 Å². The first-order valence-corrected chi connectivity index (χ1v) is 63.5. The van der Waals surface area contributed by atoms with E-state index in [2.05, 4.69) is 259 Å². The maximum atomic E-state index is 4.82. The van der Waals surface area contributed by atoms with E-state index in [-0.39, 0.29) is 62.2 Å². The molecule has 0 rings (SSSR count). The van der Waals surface area contributed by atoms with Crippen molar-refractivity contribution in [3.05, 3.63) is 27.9 Å². The first kappa shape index (κ1) is 83.2. The fourth-order valence-corrected chi connectivity index (χ4v) is 54.3. The van der Waals surface area contributed by atoms with Crippen molar-refractivity contribution in [1.29, 1.82) is 0 Å². The van der Waals surface area contributed by atoms with Gasteiger partial charge < -0.3 is 51.2 Å². The van der Waals surface area contributed by atoms with Gasteiger partial charge in [-0.05, 0) is 0 Å². The molecule has 0 aliphatic carbocycles. The van der Waals surface area contributed by atoms with E-state index < -0.39 is 98.8 Å². The molecule has 0 bridgehead atoms. The topological polar surface area (TPSA) is 84.6 Å². The van der Waals surface area contributed by atoms with Crippen LogP contribution in [0.5, 0.6) is 0 Å². The van der Waals surface area contributed by atoms with E-state index in [0.29, 0.717) is 0 Å². The van der Waals surface area contributed by atoms with E-state index in [9.17, 15) is 0 Å². The number of nitrogens with zero attached hydrogens (tertiary/aromatic N) is 6. The molecule has 0 spiro atoms. The van der Waals surface area contributed by atoms with Gasteiger partial charge in [-0.3, -0.25) is 0 Å². The van der Waals surface area contributed by atoms with Crippen LogP contribution in [0.15, 0.2) is 0 Å². The van der Waals surface area contributed by atoms with Gasteiger partial charge in [0.05, 0.1) is 0 Å². The van der Waals surface area contributed by atoms with Gasteiger partial charge in [-0.15, -0.1) is 0 Å². The quantitative estimate of drug-likeness (QED) is 0.111. The minimum absolute atomic E-state index is 0. The Bertz CT molecular complexity index is 684. The molecule has 0 aromatic heterocycles. The Morgan fingerprint density at radius 3 is 0.190 bits per heavy atom. The van der Waals surface area contributed by atoms with Crippen LogP contribution in [-0.2, 0) is 23.3 Å². The van der Waals surface area contributed by atoms with Gasteiger partial charge in [0.25, 0.3) is 0 Å². The molecule has 0 aromatic carbocycles. The zero-order valence-corrected chi connectivity index (χ0v) is 68.5. The van der Waals surface area contributed by atoms with Crippen molar-refractivity contribution in [2.75, 3.05) is 0 Å². The number of rotatable bonds is 12.